The summed E-state index contributed by atoms with van der Waals surface area (Å²) < 4.78 is 19.2. The number of hydrogen-bond donors (Lipinski definition) is 2. The molecule has 4 nitrogen and oxygen atoms in total. The first-order chi connectivity index (χ1) is 9.55. The van der Waals surface area contributed by atoms with Gasteiger partial charge in [0, 0.05) is 16.6 Å². The molecule has 0 bridgehead atoms. The molecule has 0 unspecified atom stereocenters. The number of methoxy groups -OCH3 is 1. The maximum absolute atomic E-state index is 13.5. The Morgan fingerprint density at radius 2 is 2.05 bits per heavy atom. The van der Waals surface area contributed by atoms with Crippen LogP contribution in [0.2, 0.25) is 0 Å². The van der Waals surface area contributed by atoms with Crippen LogP contribution in [-0.4, -0.2) is 7.11 Å². The van der Waals surface area contributed by atoms with Gasteiger partial charge in [-0.2, -0.15) is 5.26 Å². The number of rotatable bonds is 3. The quantitative estimate of drug-likeness (QED) is 0.837. The van der Waals surface area contributed by atoms with E-state index in [4.69, 9.17) is 15.7 Å². The van der Waals surface area contributed by atoms with E-state index in [2.05, 4.69) is 27.3 Å². The Balaban J connectivity index is 2.45. The smallest absolute Gasteiger partial charge is 0.167 e. The SMILES string of the molecule is COc1cc(Nc2cc(Br)ccc2C#N)c(N)cc1F. The summed E-state index contributed by atoms with van der Waals surface area (Å²) in [4.78, 5) is 0. The zero-order valence-corrected chi connectivity index (χ0v) is 12.2. The maximum Gasteiger partial charge on any atom is 0.167 e. The first kappa shape index (κ1) is 14.2. The van der Waals surface area contributed by atoms with Gasteiger partial charge in [0.05, 0.1) is 29.7 Å². The fourth-order valence-corrected chi connectivity index (χ4v) is 2.06. The van der Waals surface area contributed by atoms with Crippen LogP contribution in [0.1, 0.15) is 5.56 Å². The average Bonchev–Trinajstić information content (AvgIpc) is 2.42. The molecule has 6 heteroatoms. The van der Waals surface area contributed by atoms with E-state index in [0.717, 1.165) is 4.47 Å². The third kappa shape index (κ3) is 2.83. The number of benzene rings is 2. The summed E-state index contributed by atoms with van der Waals surface area (Å²) in [5.74, 6) is -0.458. The molecule has 0 fully saturated rings. The normalized spacial score (nSPS) is 9.90. The lowest BCUT2D eigenvalue weighted by molar-refractivity contribution is 0.387. The number of ether oxygens (including phenoxy) is 1. The summed E-state index contributed by atoms with van der Waals surface area (Å²) in [5, 5.41) is 12.1. The van der Waals surface area contributed by atoms with E-state index in [-0.39, 0.29) is 11.4 Å². The van der Waals surface area contributed by atoms with Crippen molar-refractivity contribution in [3.8, 4) is 11.8 Å². The zero-order valence-electron chi connectivity index (χ0n) is 10.6. The Labute approximate surface area is 124 Å². The van der Waals surface area contributed by atoms with Crippen LogP contribution >= 0.6 is 15.9 Å². The second kappa shape index (κ2) is 5.80. The van der Waals surface area contributed by atoms with Crippen LogP contribution in [0.3, 0.4) is 0 Å². The lowest BCUT2D eigenvalue weighted by Crippen LogP contribution is -2.00. The summed E-state index contributed by atoms with van der Waals surface area (Å²) in [6.45, 7) is 0. The summed E-state index contributed by atoms with van der Waals surface area (Å²) in [6, 6.07) is 9.87. The molecule has 3 N–H and O–H groups in total. The van der Waals surface area contributed by atoms with E-state index < -0.39 is 5.82 Å². The van der Waals surface area contributed by atoms with Gasteiger partial charge in [0.25, 0.3) is 0 Å². The summed E-state index contributed by atoms with van der Waals surface area (Å²) in [5.41, 5.74) is 7.49. The number of anilines is 3. The van der Waals surface area contributed by atoms with Crippen molar-refractivity contribution in [3.05, 3.63) is 46.2 Å². The van der Waals surface area contributed by atoms with Gasteiger partial charge in [0.15, 0.2) is 11.6 Å². The van der Waals surface area contributed by atoms with Crippen LogP contribution in [0.25, 0.3) is 0 Å². The van der Waals surface area contributed by atoms with Gasteiger partial charge in [-0.3, -0.25) is 0 Å². The molecule has 0 saturated carbocycles. The van der Waals surface area contributed by atoms with E-state index in [1.165, 1.54) is 19.2 Å². The molecule has 0 aliphatic heterocycles. The lowest BCUT2D eigenvalue weighted by Gasteiger charge is -2.13. The number of nitrogens with zero attached hydrogens (tertiary/aromatic N) is 1. The van der Waals surface area contributed by atoms with Crippen LogP contribution in [0.15, 0.2) is 34.8 Å². The van der Waals surface area contributed by atoms with Crippen molar-refractivity contribution in [1.29, 1.82) is 5.26 Å². The third-order valence-corrected chi connectivity index (χ3v) is 3.19. The number of nitrogens with one attached hydrogen (secondary N) is 1. The Kier molecular flexibility index (Phi) is 4.11. The predicted octanol–water partition coefficient (Wildman–Crippen LogP) is 3.79. The maximum atomic E-state index is 13.5. The zero-order chi connectivity index (χ0) is 14.7. The first-order valence-electron chi connectivity index (χ1n) is 5.65. The van der Waals surface area contributed by atoms with Crippen LogP contribution in [-0.2, 0) is 0 Å². The number of nitrogens with two attached hydrogens (primary N) is 1. The van der Waals surface area contributed by atoms with Gasteiger partial charge in [-0.05, 0) is 18.2 Å². The molecule has 0 atom stereocenters. The second-order valence-electron chi connectivity index (χ2n) is 4.00. The molecule has 0 spiro atoms. The minimum absolute atomic E-state index is 0.0789. The molecule has 0 aliphatic carbocycles. The van der Waals surface area contributed by atoms with Gasteiger partial charge >= 0.3 is 0 Å². The highest BCUT2D eigenvalue weighted by Crippen LogP contribution is 2.32. The molecular weight excluding hydrogens is 325 g/mol. The fourth-order valence-electron chi connectivity index (χ4n) is 1.70. The topological polar surface area (TPSA) is 71.1 Å². The Morgan fingerprint density at radius 3 is 2.70 bits per heavy atom. The van der Waals surface area contributed by atoms with Gasteiger partial charge in [-0.1, -0.05) is 15.9 Å². The van der Waals surface area contributed by atoms with E-state index in [1.807, 2.05) is 0 Å². The molecule has 2 rings (SSSR count). The third-order valence-electron chi connectivity index (χ3n) is 2.70. The van der Waals surface area contributed by atoms with Crippen LogP contribution < -0.4 is 15.8 Å². The van der Waals surface area contributed by atoms with Crippen molar-refractivity contribution in [2.45, 2.75) is 0 Å². The van der Waals surface area contributed by atoms with Gasteiger partial charge in [0.1, 0.15) is 6.07 Å². The summed E-state index contributed by atoms with van der Waals surface area (Å²) in [6.07, 6.45) is 0. The lowest BCUT2D eigenvalue weighted by atomic mass is 10.1. The molecule has 0 aromatic heterocycles. The van der Waals surface area contributed by atoms with Crippen molar-refractivity contribution < 1.29 is 9.13 Å². The van der Waals surface area contributed by atoms with Gasteiger partial charge in [0.2, 0.25) is 0 Å². The Morgan fingerprint density at radius 1 is 1.30 bits per heavy atom. The Bertz CT molecular complexity index is 698. The highest BCUT2D eigenvalue weighted by Gasteiger charge is 2.10. The van der Waals surface area contributed by atoms with Crippen LogP contribution in [0.5, 0.6) is 5.75 Å². The van der Waals surface area contributed by atoms with Crippen molar-refractivity contribution in [3.63, 3.8) is 0 Å². The largest absolute Gasteiger partial charge is 0.494 e. The van der Waals surface area contributed by atoms with Crippen molar-refractivity contribution in [2.24, 2.45) is 0 Å². The molecule has 0 heterocycles. The molecular formula is C14H11BrFN3O. The van der Waals surface area contributed by atoms with E-state index in [0.29, 0.717) is 16.9 Å². The molecule has 2 aromatic carbocycles. The van der Waals surface area contributed by atoms with Crippen molar-refractivity contribution in [2.75, 3.05) is 18.2 Å². The monoisotopic (exact) mass is 335 g/mol. The van der Waals surface area contributed by atoms with Crippen LogP contribution in [0.4, 0.5) is 21.5 Å². The number of hydrogen-bond acceptors (Lipinski definition) is 4. The first-order valence-corrected chi connectivity index (χ1v) is 6.44. The van der Waals surface area contributed by atoms with Crippen molar-refractivity contribution in [1.82, 2.24) is 0 Å². The molecule has 2 aromatic rings. The van der Waals surface area contributed by atoms with Crippen LogP contribution in [0, 0.1) is 17.1 Å². The minimum Gasteiger partial charge on any atom is -0.494 e. The molecule has 0 amide bonds. The van der Waals surface area contributed by atoms with Gasteiger partial charge in [-0.15, -0.1) is 0 Å². The Hall–Kier alpha value is -2.26. The van der Waals surface area contributed by atoms with E-state index in [1.54, 1.807) is 18.2 Å². The molecule has 20 heavy (non-hydrogen) atoms. The van der Waals surface area contributed by atoms with E-state index >= 15 is 0 Å². The molecule has 0 saturated heterocycles. The number of nitrogen functional groups attached to an aromatic ring is 1. The summed E-state index contributed by atoms with van der Waals surface area (Å²) >= 11 is 3.33. The second-order valence-corrected chi connectivity index (χ2v) is 4.92. The highest BCUT2D eigenvalue weighted by atomic mass is 79.9. The highest BCUT2D eigenvalue weighted by molar-refractivity contribution is 9.10. The van der Waals surface area contributed by atoms with Crippen molar-refractivity contribution >= 4 is 33.0 Å². The molecule has 102 valence electrons. The van der Waals surface area contributed by atoms with Gasteiger partial charge in [-0.25, -0.2) is 4.39 Å². The average molecular weight is 336 g/mol. The van der Waals surface area contributed by atoms with E-state index in [9.17, 15) is 4.39 Å². The predicted molar refractivity (Wildman–Crippen MR) is 79.5 cm³/mol. The fraction of sp³-hybridized carbons (Fsp3) is 0.0714. The molecule has 0 radical (unpaired) electrons. The number of nitriles is 1. The minimum atomic E-state index is -0.537. The molecule has 0 aliphatic rings. The summed E-state index contributed by atoms with van der Waals surface area (Å²) in [7, 11) is 1.37. The number of halogens is 2. The van der Waals surface area contributed by atoms with Gasteiger partial charge < -0.3 is 15.8 Å². The standard InChI is InChI=1S/C14H11BrFN3O/c1-20-14-6-13(11(18)5-10(14)16)19-12-4-9(15)3-2-8(12)7-17/h2-6,19H,18H2,1H3.